The second-order valence-corrected chi connectivity index (χ2v) is 6.24. The summed E-state index contributed by atoms with van der Waals surface area (Å²) in [5.74, 6) is 0.167. The second-order valence-electron chi connectivity index (χ2n) is 6.24. The maximum atomic E-state index is 13.6. The first-order valence-electron chi connectivity index (χ1n) is 8.72. The first-order valence-corrected chi connectivity index (χ1v) is 8.72. The fraction of sp³-hybridized carbons (Fsp3) is 0.200. The SMILES string of the molecule is CCCCNc1nc2ccccc2c2[nH]n(-c3cccc(F)c3)c(=O)c12. The first-order chi connectivity index (χ1) is 12.7. The van der Waals surface area contributed by atoms with Gasteiger partial charge in [-0.05, 0) is 30.7 Å². The lowest BCUT2D eigenvalue weighted by Crippen LogP contribution is -2.15. The topological polar surface area (TPSA) is 62.7 Å². The number of unbranched alkanes of at least 4 members (excludes halogenated alkanes) is 1. The lowest BCUT2D eigenvalue weighted by Gasteiger charge is -2.07. The maximum Gasteiger partial charge on any atom is 0.282 e. The van der Waals surface area contributed by atoms with Crippen LogP contribution in [0.3, 0.4) is 0 Å². The molecule has 0 saturated carbocycles. The molecule has 0 amide bonds. The number of para-hydroxylation sites is 1. The summed E-state index contributed by atoms with van der Waals surface area (Å²) in [4.78, 5) is 17.7. The van der Waals surface area contributed by atoms with Crippen molar-refractivity contribution in [3.63, 3.8) is 0 Å². The molecule has 0 radical (unpaired) electrons. The van der Waals surface area contributed by atoms with Crippen LogP contribution in [-0.2, 0) is 0 Å². The van der Waals surface area contributed by atoms with Gasteiger partial charge in [0.1, 0.15) is 17.0 Å². The molecule has 0 aliphatic rings. The van der Waals surface area contributed by atoms with Crippen LogP contribution in [0.5, 0.6) is 0 Å². The van der Waals surface area contributed by atoms with E-state index in [1.807, 2.05) is 24.3 Å². The van der Waals surface area contributed by atoms with Crippen molar-refractivity contribution in [2.75, 3.05) is 11.9 Å². The zero-order chi connectivity index (χ0) is 18.1. The Bertz CT molecular complexity index is 1150. The van der Waals surface area contributed by atoms with Gasteiger partial charge in [0.15, 0.2) is 0 Å². The summed E-state index contributed by atoms with van der Waals surface area (Å²) in [5, 5.41) is 7.76. The minimum atomic E-state index is -0.391. The van der Waals surface area contributed by atoms with Crippen LogP contribution < -0.4 is 10.9 Å². The quantitative estimate of drug-likeness (QED) is 0.530. The third-order valence-corrected chi connectivity index (χ3v) is 4.42. The van der Waals surface area contributed by atoms with Gasteiger partial charge in [0, 0.05) is 11.9 Å². The van der Waals surface area contributed by atoms with Gasteiger partial charge in [-0.2, -0.15) is 0 Å². The van der Waals surface area contributed by atoms with E-state index in [0.717, 1.165) is 30.3 Å². The van der Waals surface area contributed by atoms with Crippen LogP contribution in [-0.4, -0.2) is 21.3 Å². The number of fused-ring (bicyclic) bond motifs is 3. The summed E-state index contributed by atoms with van der Waals surface area (Å²) in [6.45, 7) is 2.85. The molecule has 0 fully saturated rings. The molecule has 0 aliphatic carbocycles. The molecule has 0 spiro atoms. The normalized spacial score (nSPS) is 11.3. The average Bonchev–Trinajstić information content (AvgIpc) is 3.00. The number of rotatable bonds is 5. The molecule has 0 aliphatic heterocycles. The van der Waals surface area contributed by atoms with Crippen molar-refractivity contribution < 1.29 is 4.39 Å². The summed E-state index contributed by atoms with van der Waals surface area (Å²) in [6.07, 6.45) is 2.03. The first kappa shape index (κ1) is 16.3. The van der Waals surface area contributed by atoms with Crippen molar-refractivity contribution in [1.29, 1.82) is 0 Å². The van der Waals surface area contributed by atoms with Gasteiger partial charge >= 0.3 is 0 Å². The Morgan fingerprint density at radius 2 is 2.04 bits per heavy atom. The van der Waals surface area contributed by atoms with E-state index in [2.05, 4.69) is 22.3 Å². The maximum absolute atomic E-state index is 13.6. The molecule has 26 heavy (non-hydrogen) atoms. The second kappa shape index (κ2) is 6.63. The van der Waals surface area contributed by atoms with Crippen molar-refractivity contribution in [2.45, 2.75) is 19.8 Å². The number of halogens is 1. The van der Waals surface area contributed by atoms with Gasteiger partial charge < -0.3 is 5.32 Å². The van der Waals surface area contributed by atoms with Gasteiger partial charge in [0.25, 0.3) is 5.56 Å². The third-order valence-electron chi connectivity index (χ3n) is 4.42. The summed E-state index contributed by atoms with van der Waals surface area (Å²) in [7, 11) is 0. The van der Waals surface area contributed by atoms with Gasteiger partial charge in [0.05, 0.1) is 16.7 Å². The van der Waals surface area contributed by atoms with E-state index >= 15 is 0 Å². The van der Waals surface area contributed by atoms with Crippen molar-refractivity contribution in [2.24, 2.45) is 0 Å². The van der Waals surface area contributed by atoms with E-state index in [4.69, 9.17) is 0 Å². The van der Waals surface area contributed by atoms with E-state index in [1.54, 1.807) is 12.1 Å². The molecule has 6 heteroatoms. The smallest absolute Gasteiger partial charge is 0.282 e. The van der Waals surface area contributed by atoms with Gasteiger partial charge in [0.2, 0.25) is 0 Å². The zero-order valence-corrected chi connectivity index (χ0v) is 14.4. The van der Waals surface area contributed by atoms with Crippen LogP contribution >= 0.6 is 0 Å². The number of hydrogen-bond acceptors (Lipinski definition) is 3. The van der Waals surface area contributed by atoms with E-state index in [9.17, 15) is 9.18 Å². The average molecular weight is 350 g/mol. The predicted octanol–water partition coefficient (Wildman–Crippen LogP) is 4.22. The van der Waals surface area contributed by atoms with Crippen molar-refractivity contribution in [3.05, 3.63) is 64.7 Å². The number of nitrogens with zero attached hydrogens (tertiary/aromatic N) is 2. The Morgan fingerprint density at radius 1 is 1.19 bits per heavy atom. The molecule has 2 N–H and O–H groups in total. The van der Waals surface area contributed by atoms with Gasteiger partial charge in [-0.25, -0.2) is 14.1 Å². The minimum absolute atomic E-state index is 0.247. The number of pyridine rings is 1. The fourth-order valence-corrected chi connectivity index (χ4v) is 3.12. The monoisotopic (exact) mass is 350 g/mol. The van der Waals surface area contributed by atoms with E-state index in [0.29, 0.717) is 22.4 Å². The van der Waals surface area contributed by atoms with Crippen LogP contribution in [0.2, 0.25) is 0 Å². The van der Waals surface area contributed by atoms with E-state index < -0.39 is 5.82 Å². The third kappa shape index (κ3) is 2.73. The Hall–Kier alpha value is -3.15. The Balaban J connectivity index is 1.99. The number of hydrogen-bond donors (Lipinski definition) is 2. The molecular weight excluding hydrogens is 331 g/mol. The number of aromatic amines is 1. The number of H-pyrrole nitrogens is 1. The molecule has 2 heterocycles. The van der Waals surface area contributed by atoms with Gasteiger partial charge in [-0.3, -0.25) is 9.89 Å². The molecule has 5 nitrogen and oxygen atoms in total. The highest BCUT2D eigenvalue weighted by atomic mass is 19.1. The minimum Gasteiger partial charge on any atom is -0.369 e. The lowest BCUT2D eigenvalue weighted by molar-refractivity contribution is 0.625. The number of nitrogens with one attached hydrogen (secondary N) is 2. The largest absolute Gasteiger partial charge is 0.369 e. The summed E-state index contributed by atoms with van der Waals surface area (Å²) in [6, 6.07) is 13.6. The van der Waals surface area contributed by atoms with E-state index in [1.165, 1.54) is 16.8 Å². The van der Waals surface area contributed by atoms with Crippen molar-refractivity contribution >= 4 is 27.6 Å². The lowest BCUT2D eigenvalue weighted by atomic mass is 10.1. The fourth-order valence-electron chi connectivity index (χ4n) is 3.12. The van der Waals surface area contributed by atoms with Crippen LogP contribution in [0, 0.1) is 5.82 Å². The molecule has 0 saturated heterocycles. The highest BCUT2D eigenvalue weighted by Gasteiger charge is 2.17. The van der Waals surface area contributed by atoms with Crippen LogP contribution in [0.1, 0.15) is 19.8 Å². The Morgan fingerprint density at radius 3 is 2.85 bits per heavy atom. The van der Waals surface area contributed by atoms with Crippen molar-refractivity contribution in [3.8, 4) is 5.69 Å². The van der Waals surface area contributed by atoms with E-state index in [-0.39, 0.29) is 5.56 Å². The molecule has 0 bridgehead atoms. The zero-order valence-electron chi connectivity index (χ0n) is 14.4. The summed E-state index contributed by atoms with van der Waals surface area (Å²) in [5.41, 5.74) is 1.70. The Kier molecular flexibility index (Phi) is 4.16. The van der Waals surface area contributed by atoms with Crippen LogP contribution in [0.25, 0.3) is 27.5 Å². The molecule has 4 aromatic rings. The standard InChI is InChI=1S/C20H19FN4O/c1-2-3-11-22-19-17-18(15-9-4-5-10-16(15)23-19)24-25(20(17)26)14-8-6-7-13(21)12-14/h4-10,12,24H,2-3,11H2,1H3,(H,22,23). The molecular formula is C20H19FN4O. The molecule has 0 atom stereocenters. The molecule has 0 unspecified atom stereocenters. The highest BCUT2D eigenvalue weighted by molar-refractivity contribution is 6.07. The Labute approximate surface area is 149 Å². The number of aromatic nitrogens is 3. The number of benzene rings is 2. The van der Waals surface area contributed by atoms with Gasteiger partial charge in [-0.1, -0.05) is 37.6 Å². The number of anilines is 1. The van der Waals surface area contributed by atoms with Crippen molar-refractivity contribution in [1.82, 2.24) is 14.8 Å². The summed E-state index contributed by atoms with van der Waals surface area (Å²) >= 11 is 0. The molecule has 2 aromatic heterocycles. The summed E-state index contributed by atoms with van der Waals surface area (Å²) < 4.78 is 15.0. The van der Waals surface area contributed by atoms with Crippen LogP contribution in [0.15, 0.2) is 53.3 Å². The molecule has 4 rings (SSSR count). The predicted molar refractivity (Wildman–Crippen MR) is 103 cm³/mol. The van der Waals surface area contributed by atoms with Gasteiger partial charge in [-0.15, -0.1) is 0 Å². The molecule has 132 valence electrons. The molecule has 2 aromatic carbocycles. The van der Waals surface area contributed by atoms with Crippen LogP contribution in [0.4, 0.5) is 10.2 Å². The highest BCUT2D eigenvalue weighted by Crippen LogP contribution is 2.26.